The first-order valence-corrected chi connectivity index (χ1v) is 8.26. The topological polar surface area (TPSA) is 89.7 Å². The zero-order valence-corrected chi connectivity index (χ0v) is 15.3. The Kier molecular flexibility index (Phi) is 5.30. The van der Waals surface area contributed by atoms with Crippen LogP contribution in [0.25, 0.3) is 10.9 Å². The molecule has 0 unspecified atom stereocenters. The highest BCUT2D eigenvalue weighted by atomic mass is 16.5. The molecule has 2 N–H and O–H groups in total. The molecule has 0 atom stereocenters. The minimum absolute atomic E-state index is 0.191. The van der Waals surface area contributed by atoms with E-state index < -0.39 is 11.7 Å². The second kappa shape index (κ2) is 7.82. The van der Waals surface area contributed by atoms with Gasteiger partial charge in [-0.25, -0.2) is 0 Å². The van der Waals surface area contributed by atoms with Gasteiger partial charge in [0.25, 0.3) is 11.7 Å². The van der Waals surface area contributed by atoms with Crippen molar-refractivity contribution in [1.82, 2.24) is 10.3 Å². The summed E-state index contributed by atoms with van der Waals surface area (Å²) in [5.41, 5.74) is 1.84. The van der Waals surface area contributed by atoms with Crippen molar-refractivity contribution in [2.75, 3.05) is 21.3 Å². The van der Waals surface area contributed by atoms with Gasteiger partial charge in [0.05, 0.1) is 26.9 Å². The van der Waals surface area contributed by atoms with Crippen LogP contribution < -0.4 is 19.5 Å². The molecule has 7 nitrogen and oxygen atoms in total. The molecule has 0 saturated carbocycles. The summed E-state index contributed by atoms with van der Waals surface area (Å²) in [7, 11) is 4.63. The molecule has 0 aliphatic carbocycles. The molecule has 0 saturated heterocycles. The van der Waals surface area contributed by atoms with Gasteiger partial charge in [-0.2, -0.15) is 0 Å². The number of methoxy groups -OCH3 is 3. The van der Waals surface area contributed by atoms with Crippen LogP contribution in [0.4, 0.5) is 0 Å². The standard InChI is InChI=1S/C20H20N2O5/c1-25-13-5-6-16-14(9-13)15(11-21-16)19(23)20(24)22-10-12-4-7-17(26-2)18(8-12)27-3/h4-9,11,21H,10H2,1-3H3,(H,22,24). The lowest BCUT2D eigenvalue weighted by Gasteiger charge is -2.10. The molecular formula is C20H20N2O5. The highest BCUT2D eigenvalue weighted by molar-refractivity contribution is 6.44. The van der Waals surface area contributed by atoms with Crippen molar-refractivity contribution in [3.8, 4) is 17.2 Å². The molecule has 27 heavy (non-hydrogen) atoms. The van der Waals surface area contributed by atoms with Crippen molar-refractivity contribution >= 4 is 22.6 Å². The molecule has 1 amide bonds. The van der Waals surface area contributed by atoms with Gasteiger partial charge in [-0.3, -0.25) is 9.59 Å². The van der Waals surface area contributed by atoms with E-state index in [4.69, 9.17) is 14.2 Å². The first-order valence-electron chi connectivity index (χ1n) is 8.26. The normalized spacial score (nSPS) is 10.5. The van der Waals surface area contributed by atoms with Crippen LogP contribution in [0.3, 0.4) is 0 Å². The molecule has 0 aliphatic rings. The third-order valence-corrected chi connectivity index (χ3v) is 4.24. The van der Waals surface area contributed by atoms with Crippen LogP contribution in [-0.4, -0.2) is 38.0 Å². The van der Waals surface area contributed by atoms with E-state index in [-0.39, 0.29) is 6.54 Å². The fraction of sp³-hybridized carbons (Fsp3) is 0.200. The van der Waals surface area contributed by atoms with Gasteiger partial charge in [0, 0.05) is 23.6 Å². The Balaban J connectivity index is 1.74. The summed E-state index contributed by atoms with van der Waals surface area (Å²) >= 11 is 0. The molecule has 1 aromatic heterocycles. The molecule has 0 fully saturated rings. The second-order valence-electron chi connectivity index (χ2n) is 5.82. The Hall–Kier alpha value is -3.48. The van der Waals surface area contributed by atoms with Crippen molar-refractivity contribution in [1.29, 1.82) is 0 Å². The molecule has 0 radical (unpaired) electrons. The molecule has 0 aliphatic heterocycles. The SMILES string of the molecule is COc1ccc2[nH]cc(C(=O)C(=O)NCc3ccc(OC)c(OC)c3)c2c1. The number of nitrogens with one attached hydrogen (secondary N) is 2. The van der Waals surface area contributed by atoms with Crippen molar-refractivity contribution in [3.63, 3.8) is 0 Å². The van der Waals surface area contributed by atoms with Gasteiger partial charge in [0.1, 0.15) is 5.75 Å². The zero-order valence-electron chi connectivity index (χ0n) is 15.3. The predicted octanol–water partition coefficient (Wildman–Crippen LogP) is 2.69. The fourth-order valence-electron chi connectivity index (χ4n) is 2.79. The lowest BCUT2D eigenvalue weighted by atomic mass is 10.1. The molecule has 2 aromatic carbocycles. The second-order valence-corrected chi connectivity index (χ2v) is 5.82. The maximum atomic E-state index is 12.5. The number of amides is 1. The van der Waals surface area contributed by atoms with Gasteiger partial charge in [0.2, 0.25) is 0 Å². The number of hydrogen-bond donors (Lipinski definition) is 2. The highest BCUT2D eigenvalue weighted by Crippen LogP contribution is 2.27. The molecule has 1 heterocycles. The number of ether oxygens (including phenoxy) is 3. The number of H-pyrrole nitrogens is 1. The molecule has 0 spiro atoms. The fourth-order valence-corrected chi connectivity index (χ4v) is 2.79. The van der Waals surface area contributed by atoms with Gasteiger partial charge >= 0.3 is 0 Å². The summed E-state index contributed by atoms with van der Waals surface area (Å²) in [5, 5.41) is 3.28. The van der Waals surface area contributed by atoms with Crippen LogP contribution in [0, 0.1) is 0 Å². The van der Waals surface area contributed by atoms with Crippen LogP contribution in [0.15, 0.2) is 42.6 Å². The van der Waals surface area contributed by atoms with Crippen LogP contribution in [-0.2, 0) is 11.3 Å². The minimum Gasteiger partial charge on any atom is -0.497 e. The van der Waals surface area contributed by atoms with Crippen molar-refractivity contribution < 1.29 is 23.8 Å². The van der Waals surface area contributed by atoms with E-state index in [9.17, 15) is 9.59 Å². The Morgan fingerprint density at radius 1 is 0.963 bits per heavy atom. The van der Waals surface area contributed by atoms with Gasteiger partial charge in [0.15, 0.2) is 11.5 Å². The molecule has 3 aromatic rings. The molecule has 7 heteroatoms. The van der Waals surface area contributed by atoms with Gasteiger partial charge in [-0.05, 0) is 35.9 Å². The number of carbonyl (C=O) groups excluding carboxylic acids is 2. The average Bonchev–Trinajstić information content (AvgIpc) is 3.14. The van der Waals surface area contributed by atoms with Crippen LogP contribution in [0.2, 0.25) is 0 Å². The maximum Gasteiger partial charge on any atom is 0.292 e. The summed E-state index contributed by atoms with van der Waals surface area (Å²) < 4.78 is 15.6. The minimum atomic E-state index is -0.687. The van der Waals surface area contributed by atoms with E-state index in [0.29, 0.717) is 28.2 Å². The van der Waals surface area contributed by atoms with Gasteiger partial charge < -0.3 is 24.5 Å². The highest BCUT2D eigenvalue weighted by Gasteiger charge is 2.20. The number of hydrogen-bond acceptors (Lipinski definition) is 5. The first kappa shape index (κ1) is 18.3. The van der Waals surface area contributed by atoms with Crippen molar-refractivity contribution in [2.45, 2.75) is 6.54 Å². The summed E-state index contributed by atoms with van der Waals surface area (Å²) in [6.07, 6.45) is 1.53. The number of aromatic amines is 1. The Bertz CT molecular complexity index is 993. The number of benzene rings is 2. The third kappa shape index (κ3) is 3.72. The zero-order chi connectivity index (χ0) is 19.4. The van der Waals surface area contributed by atoms with E-state index in [1.807, 2.05) is 0 Å². The summed E-state index contributed by atoms with van der Waals surface area (Å²) in [5.74, 6) is 0.459. The van der Waals surface area contributed by atoms with E-state index in [1.54, 1.807) is 50.6 Å². The third-order valence-electron chi connectivity index (χ3n) is 4.24. The Morgan fingerprint density at radius 3 is 2.44 bits per heavy atom. The molecule has 0 bridgehead atoms. The van der Waals surface area contributed by atoms with Crippen molar-refractivity contribution in [2.24, 2.45) is 0 Å². The van der Waals surface area contributed by atoms with E-state index in [1.165, 1.54) is 13.3 Å². The first-order chi connectivity index (χ1) is 13.1. The van der Waals surface area contributed by atoms with E-state index in [0.717, 1.165) is 11.1 Å². The largest absolute Gasteiger partial charge is 0.497 e. The van der Waals surface area contributed by atoms with Gasteiger partial charge in [-0.1, -0.05) is 6.07 Å². The number of ketones is 1. The van der Waals surface area contributed by atoms with Crippen LogP contribution in [0.5, 0.6) is 17.2 Å². The van der Waals surface area contributed by atoms with Crippen molar-refractivity contribution in [3.05, 3.63) is 53.7 Å². The summed E-state index contributed by atoms with van der Waals surface area (Å²) in [6.45, 7) is 0.191. The summed E-state index contributed by atoms with van der Waals surface area (Å²) in [6, 6.07) is 10.6. The predicted molar refractivity (Wildman–Crippen MR) is 101 cm³/mol. The molecule has 140 valence electrons. The van der Waals surface area contributed by atoms with Crippen LogP contribution in [0.1, 0.15) is 15.9 Å². The van der Waals surface area contributed by atoms with E-state index >= 15 is 0 Å². The lowest BCUT2D eigenvalue weighted by molar-refractivity contribution is -0.117. The number of fused-ring (bicyclic) bond motifs is 1. The average molecular weight is 368 g/mol. The van der Waals surface area contributed by atoms with Crippen LogP contribution >= 0.6 is 0 Å². The molecule has 3 rings (SSSR count). The Labute approximate surface area is 156 Å². The number of carbonyl (C=O) groups is 2. The quantitative estimate of drug-likeness (QED) is 0.494. The van der Waals surface area contributed by atoms with E-state index in [2.05, 4.69) is 10.3 Å². The maximum absolute atomic E-state index is 12.5. The monoisotopic (exact) mass is 368 g/mol. The Morgan fingerprint density at radius 2 is 1.74 bits per heavy atom. The molecular weight excluding hydrogens is 348 g/mol. The summed E-state index contributed by atoms with van der Waals surface area (Å²) in [4.78, 5) is 27.9. The number of aromatic nitrogens is 1. The number of Topliss-reactive ketones (excluding diaryl/α,β-unsaturated/α-hetero) is 1. The lowest BCUT2D eigenvalue weighted by Crippen LogP contribution is -2.30. The van der Waals surface area contributed by atoms with Gasteiger partial charge in [-0.15, -0.1) is 0 Å². The smallest absolute Gasteiger partial charge is 0.292 e. The number of rotatable bonds is 7.